The lowest BCUT2D eigenvalue weighted by molar-refractivity contribution is -0.137. The maximum Gasteiger partial charge on any atom is 0.416 e. The van der Waals surface area contributed by atoms with Crippen LogP contribution in [0.25, 0.3) is 5.69 Å². The fourth-order valence-corrected chi connectivity index (χ4v) is 1.87. The first-order chi connectivity index (χ1) is 8.93. The molecule has 0 amide bonds. The molecular weight excluding hydrogens is 279 g/mol. The topological polar surface area (TPSA) is 29.9 Å². The highest BCUT2D eigenvalue weighted by Gasteiger charge is 2.31. The summed E-state index contributed by atoms with van der Waals surface area (Å²) in [5, 5.41) is 3.18. The number of halogens is 4. The van der Waals surface area contributed by atoms with Crippen LogP contribution in [0.3, 0.4) is 0 Å². The van der Waals surface area contributed by atoms with Gasteiger partial charge in [0.2, 0.25) is 5.95 Å². The second-order valence-electron chi connectivity index (χ2n) is 3.82. The van der Waals surface area contributed by atoms with Gasteiger partial charge in [-0.25, -0.2) is 4.98 Å². The Kier molecular flexibility index (Phi) is 3.71. The quantitative estimate of drug-likeness (QED) is 0.926. The minimum atomic E-state index is -4.40. The van der Waals surface area contributed by atoms with E-state index in [1.54, 1.807) is 6.20 Å². The number of benzene rings is 1. The second kappa shape index (κ2) is 5.13. The highest BCUT2D eigenvalue weighted by Crippen LogP contribution is 2.33. The predicted octanol–water partition coefficient (Wildman–Crippen LogP) is 3.98. The Labute approximate surface area is 113 Å². The summed E-state index contributed by atoms with van der Waals surface area (Å²) in [5.41, 5.74) is -0.506. The van der Waals surface area contributed by atoms with Crippen molar-refractivity contribution in [3.05, 3.63) is 41.2 Å². The third-order valence-corrected chi connectivity index (χ3v) is 2.83. The summed E-state index contributed by atoms with van der Waals surface area (Å²) < 4.78 is 39.6. The molecular formula is C12H11ClF3N3. The van der Waals surface area contributed by atoms with Crippen molar-refractivity contribution in [1.82, 2.24) is 9.55 Å². The summed E-state index contributed by atoms with van der Waals surface area (Å²) in [6.07, 6.45) is -1.35. The fourth-order valence-electron chi connectivity index (χ4n) is 1.66. The van der Waals surface area contributed by atoms with Gasteiger partial charge in [0, 0.05) is 18.9 Å². The van der Waals surface area contributed by atoms with Gasteiger partial charge >= 0.3 is 6.18 Å². The van der Waals surface area contributed by atoms with Gasteiger partial charge in [-0.15, -0.1) is 0 Å². The van der Waals surface area contributed by atoms with Crippen molar-refractivity contribution in [3.8, 4) is 5.69 Å². The minimum absolute atomic E-state index is 0.227. The molecule has 1 aromatic carbocycles. The van der Waals surface area contributed by atoms with Gasteiger partial charge in [0.25, 0.3) is 0 Å². The van der Waals surface area contributed by atoms with Crippen LogP contribution in [0.2, 0.25) is 5.02 Å². The number of alkyl halides is 3. The number of imidazole rings is 1. The molecule has 0 bridgehead atoms. The Morgan fingerprint density at radius 2 is 2.11 bits per heavy atom. The second-order valence-corrected chi connectivity index (χ2v) is 4.22. The van der Waals surface area contributed by atoms with Gasteiger partial charge in [-0.3, -0.25) is 4.57 Å². The normalized spacial score (nSPS) is 11.6. The number of hydrogen-bond donors (Lipinski definition) is 1. The van der Waals surface area contributed by atoms with Crippen LogP contribution < -0.4 is 5.32 Å². The highest BCUT2D eigenvalue weighted by molar-refractivity contribution is 6.32. The lowest BCUT2D eigenvalue weighted by Crippen LogP contribution is -2.08. The van der Waals surface area contributed by atoms with E-state index < -0.39 is 11.7 Å². The average Bonchev–Trinajstić information content (AvgIpc) is 2.77. The zero-order valence-corrected chi connectivity index (χ0v) is 10.8. The number of hydrogen-bond acceptors (Lipinski definition) is 2. The summed E-state index contributed by atoms with van der Waals surface area (Å²) in [6.45, 7) is 2.47. The van der Waals surface area contributed by atoms with Crippen LogP contribution in [0, 0.1) is 0 Å². The van der Waals surface area contributed by atoms with Crippen LogP contribution in [-0.4, -0.2) is 16.1 Å². The monoisotopic (exact) mass is 289 g/mol. The van der Waals surface area contributed by atoms with E-state index in [4.69, 9.17) is 11.6 Å². The smallest absolute Gasteiger partial charge is 0.356 e. The first-order valence-electron chi connectivity index (χ1n) is 5.58. The van der Waals surface area contributed by atoms with E-state index >= 15 is 0 Å². The Balaban J connectivity index is 2.52. The third kappa shape index (κ3) is 2.84. The lowest BCUT2D eigenvalue weighted by atomic mass is 10.2. The van der Waals surface area contributed by atoms with Gasteiger partial charge in [-0.1, -0.05) is 11.6 Å². The van der Waals surface area contributed by atoms with Crippen LogP contribution in [0.4, 0.5) is 19.1 Å². The molecule has 102 valence electrons. The van der Waals surface area contributed by atoms with Gasteiger partial charge in [0.05, 0.1) is 16.3 Å². The first-order valence-corrected chi connectivity index (χ1v) is 5.95. The summed E-state index contributed by atoms with van der Waals surface area (Å²) >= 11 is 5.97. The van der Waals surface area contributed by atoms with E-state index in [-0.39, 0.29) is 10.7 Å². The molecule has 1 N–H and O–H groups in total. The van der Waals surface area contributed by atoms with Gasteiger partial charge in [-0.05, 0) is 25.1 Å². The Morgan fingerprint density at radius 1 is 1.37 bits per heavy atom. The van der Waals surface area contributed by atoms with Crippen molar-refractivity contribution < 1.29 is 13.2 Å². The molecule has 0 spiro atoms. The van der Waals surface area contributed by atoms with Crippen molar-refractivity contribution in [2.24, 2.45) is 0 Å². The molecule has 0 saturated heterocycles. The predicted molar refractivity (Wildman–Crippen MR) is 67.7 cm³/mol. The molecule has 0 fully saturated rings. The summed E-state index contributed by atoms with van der Waals surface area (Å²) in [7, 11) is 0. The van der Waals surface area contributed by atoms with E-state index in [0.717, 1.165) is 12.1 Å². The largest absolute Gasteiger partial charge is 0.416 e. The van der Waals surface area contributed by atoms with Crippen molar-refractivity contribution >= 4 is 17.5 Å². The van der Waals surface area contributed by atoms with E-state index in [1.165, 1.54) is 16.8 Å². The molecule has 0 atom stereocenters. The zero-order valence-electron chi connectivity index (χ0n) is 10.0. The van der Waals surface area contributed by atoms with Crippen LogP contribution >= 0.6 is 11.6 Å². The molecule has 0 saturated carbocycles. The fraction of sp³-hybridized carbons (Fsp3) is 0.250. The summed E-state index contributed by atoms with van der Waals surface area (Å²) in [4.78, 5) is 4.03. The van der Waals surface area contributed by atoms with E-state index in [2.05, 4.69) is 10.3 Å². The zero-order chi connectivity index (χ0) is 14.0. The SMILES string of the molecule is CCNc1nccn1-c1cc(C(F)(F)F)ccc1Cl. The van der Waals surface area contributed by atoms with Crippen molar-refractivity contribution in [2.45, 2.75) is 13.1 Å². The minimum Gasteiger partial charge on any atom is -0.356 e. The Hall–Kier alpha value is -1.69. The molecule has 2 rings (SSSR count). The van der Waals surface area contributed by atoms with Gasteiger partial charge < -0.3 is 5.32 Å². The van der Waals surface area contributed by atoms with Crippen LogP contribution in [0.15, 0.2) is 30.6 Å². The molecule has 0 unspecified atom stereocenters. The molecule has 7 heteroatoms. The van der Waals surface area contributed by atoms with Crippen LogP contribution in [0.1, 0.15) is 12.5 Å². The molecule has 1 heterocycles. The van der Waals surface area contributed by atoms with Crippen molar-refractivity contribution in [3.63, 3.8) is 0 Å². The number of rotatable bonds is 3. The number of aromatic nitrogens is 2. The Morgan fingerprint density at radius 3 is 2.74 bits per heavy atom. The van der Waals surface area contributed by atoms with E-state index in [1.807, 2.05) is 6.92 Å². The van der Waals surface area contributed by atoms with Crippen molar-refractivity contribution in [1.29, 1.82) is 0 Å². The third-order valence-electron chi connectivity index (χ3n) is 2.51. The van der Waals surface area contributed by atoms with Gasteiger partial charge in [0.1, 0.15) is 0 Å². The lowest BCUT2D eigenvalue weighted by Gasteiger charge is -2.13. The number of anilines is 1. The first kappa shape index (κ1) is 13.7. The molecule has 0 radical (unpaired) electrons. The standard InChI is InChI=1S/C12H11ClF3N3/c1-2-17-11-18-5-6-19(11)10-7-8(12(14,15)16)3-4-9(10)13/h3-7H,2H2,1H3,(H,17,18). The van der Waals surface area contributed by atoms with E-state index in [9.17, 15) is 13.2 Å². The average molecular weight is 290 g/mol. The highest BCUT2D eigenvalue weighted by atomic mass is 35.5. The maximum atomic E-state index is 12.7. The molecule has 19 heavy (non-hydrogen) atoms. The summed E-state index contributed by atoms with van der Waals surface area (Å²) in [5.74, 6) is 0.448. The molecule has 2 aromatic rings. The summed E-state index contributed by atoms with van der Waals surface area (Å²) in [6, 6.07) is 3.19. The molecule has 0 aliphatic rings. The molecule has 0 aliphatic heterocycles. The van der Waals surface area contributed by atoms with Crippen LogP contribution in [-0.2, 0) is 6.18 Å². The number of nitrogens with zero attached hydrogens (tertiary/aromatic N) is 2. The number of nitrogens with one attached hydrogen (secondary N) is 1. The molecule has 0 aliphatic carbocycles. The maximum absolute atomic E-state index is 12.7. The molecule has 3 nitrogen and oxygen atoms in total. The van der Waals surface area contributed by atoms with Gasteiger partial charge in [-0.2, -0.15) is 13.2 Å². The van der Waals surface area contributed by atoms with Crippen molar-refractivity contribution in [2.75, 3.05) is 11.9 Å². The molecule has 1 aromatic heterocycles. The Bertz CT molecular complexity index is 578. The van der Waals surface area contributed by atoms with E-state index in [0.29, 0.717) is 12.5 Å². The van der Waals surface area contributed by atoms with Gasteiger partial charge in [0.15, 0.2) is 0 Å². The van der Waals surface area contributed by atoms with Crippen LogP contribution in [0.5, 0.6) is 0 Å².